The van der Waals surface area contributed by atoms with Crippen LogP contribution in [0.1, 0.15) is 15.9 Å². The minimum atomic E-state index is -3.51. The van der Waals surface area contributed by atoms with E-state index in [1.165, 1.54) is 27.4 Å². The highest BCUT2D eigenvalue weighted by molar-refractivity contribution is 7.99. The van der Waals surface area contributed by atoms with Crippen molar-refractivity contribution in [2.75, 3.05) is 26.2 Å². The average Bonchev–Trinajstić information content (AvgIpc) is 3.35. The minimum Gasteiger partial charge on any atom is -0.336 e. The van der Waals surface area contributed by atoms with Gasteiger partial charge in [-0.3, -0.25) is 4.79 Å². The van der Waals surface area contributed by atoms with Gasteiger partial charge in [0.2, 0.25) is 0 Å². The van der Waals surface area contributed by atoms with Gasteiger partial charge in [-0.1, -0.05) is 42.1 Å². The van der Waals surface area contributed by atoms with E-state index in [-0.39, 0.29) is 19.0 Å². The summed E-state index contributed by atoms with van der Waals surface area (Å²) in [5.41, 5.74) is 1.11. The molecule has 4 rings (SSSR count). The summed E-state index contributed by atoms with van der Waals surface area (Å²) in [5, 5.41) is 11.1. The molecule has 0 atom stereocenters. The molecule has 0 saturated carbocycles. The number of hydrogen-bond acceptors (Lipinski definition) is 6. The van der Waals surface area contributed by atoms with E-state index in [2.05, 4.69) is 6.07 Å². The molecule has 0 radical (unpaired) electrons. The lowest BCUT2D eigenvalue weighted by Gasteiger charge is -2.34. The Balaban J connectivity index is 1.50. The molecule has 0 spiro atoms. The number of rotatable bonds is 5. The van der Waals surface area contributed by atoms with E-state index < -0.39 is 10.0 Å². The molecule has 2 heterocycles. The zero-order valence-corrected chi connectivity index (χ0v) is 18.9. The Morgan fingerprint density at radius 1 is 0.935 bits per heavy atom. The van der Waals surface area contributed by atoms with Crippen LogP contribution in [0.25, 0.3) is 0 Å². The van der Waals surface area contributed by atoms with Crippen LogP contribution in [0, 0.1) is 11.3 Å². The van der Waals surface area contributed by atoms with Gasteiger partial charge in [0.15, 0.2) is 0 Å². The second kappa shape index (κ2) is 9.24. The van der Waals surface area contributed by atoms with E-state index >= 15 is 0 Å². The Bertz CT molecular complexity index is 1230. The highest BCUT2D eigenvalue weighted by atomic mass is 32.2. The van der Waals surface area contributed by atoms with Crippen molar-refractivity contribution in [2.24, 2.45) is 0 Å². The zero-order chi connectivity index (χ0) is 21.8. The molecule has 0 aliphatic carbocycles. The second-order valence-electron chi connectivity index (χ2n) is 6.83. The lowest BCUT2D eigenvalue weighted by Crippen LogP contribution is -2.50. The summed E-state index contributed by atoms with van der Waals surface area (Å²) in [6.07, 6.45) is 0. The molecule has 3 aromatic rings. The van der Waals surface area contributed by atoms with Gasteiger partial charge in [0.25, 0.3) is 15.9 Å². The first kappa shape index (κ1) is 21.6. The number of carbonyl (C=O) groups is 1. The van der Waals surface area contributed by atoms with Gasteiger partial charge in [0.05, 0.1) is 11.1 Å². The van der Waals surface area contributed by atoms with Crippen LogP contribution in [-0.2, 0) is 10.0 Å². The van der Waals surface area contributed by atoms with E-state index in [1.807, 2.05) is 36.4 Å². The molecule has 2 aromatic carbocycles. The van der Waals surface area contributed by atoms with Crippen LogP contribution in [0.2, 0.25) is 0 Å². The fraction of sp³-hybridized carbons (Fsp3) is 0.182. The smallest absolute Gasteiger partial charge is 0.255 e. The third-order valence-corrected chi connectivity index (χ3v) is 9.38. The highest BCUT2D eigenvalue weighted by Gasteiger charge is 2.31. The fourth-order valence-electron chi connectivity index (χ4n) is 3.34. The van der Waals surface area contributed by atoms with Crippen LogP contribution in [0.4, 0.5) is 0 Å². The molecule has 1 aliphatic heterocycles. The van der Waals surface area contributed by atoms with Gasteiger partial charge in [0.1, 0.15) is 10.3 Å². The Morgan fingerprint density at radius 3 is 2.29 bits per heavy atom. The van der Waals surface area contributed by atoms with Gasteiger partial charge in [-0.2, -0.15) is 9.57 Å². The first-order valence-corrected chi connectivity index (χ1v) is 12.7. The second-order valence-corrected chi connectivity index (χ2v) is 11.0. The molecule has 6 nitrogen and oxygen atoms in total. The maximum absolute atomic E-state index is 13.2. The molecule has 1 fully saturated rings. The maximum atomic E-state index is 13.2. The molecular formula is C22H19N3O3S3. The summed E-state index contributed by atoms with van der Waals surface area (Å²) in [6, 6.07) is 20.1. The predicted octanol–water partition coefficient (Wildman–Crippen LogP) is 3.92. The van der Waals surface area contributed by atoms with Gasteiger partial charge in [-0.05, 0) is 35.7 Å². The van der Waals surface area contributed by atoms with Gasteiger partial charge in [0, 0.05) is 36.0 Å². The van der Waals surface area contributed by atoms with Crippen LogP contribution in [0.15, 0.2) is 80.0 Å². The Labute approximate surface area is 189 Å². The van der Waals surface area contributed by atoms with Crippen LogP contribution in [-0.4, -0.2) is 49.7 Å². The molecule has 1 amide bonds. The number of nitriles is 1. The predicted molar refractivity (Wildman–Crippen MR) is 121 cm³/mol. The van der Waals surface area contributed by atoms with Gasteiger partial charge >= 0.3 is 0 Å². The number of benzene rings is 2. The molecule has 9 heteroatoms. The van der Waals surface area contributed by atoms with Crippen molar-refractivity contribution >= 4 is 39.0 Å². The molecule has 158 valence electrons. The number of carbonyl (C=O) groups excluding carboxylic acids is 1. The molecular weight excluding hydrogens is 450 g/mol. The van der Waals surface area contributed by atoms with Crippen LogP contribution < -0.4 is 0 Å². The standard InChI is InChI=1S/C22H19N3O3S3/c23-16-17-6-1-3-8-19(17)30-20-9-4-2-7-18(20)22(26)24-11-13-25(14-12-24)31(27,28)21-10-5-15-29-21/h1-10,15H,11-14H2. The summed E-state index contributed by atoms with van der Waals surface area (Å²) in [4.78, 5) is 16.5. The van der Waals surface area contributed by atoms with E-state index in [0.717, 1.165) is 9.79 Å². The van der Waals surface area contributed by atoms with Crippen LogP contribution in [0.3, 0.4) is 0 Å². The molecule has 1 saturated heterocycles. The number of thiophene rings is 1. The van der Waals surface area contributed by atoms with Crippen LogP contribution in [0.5, 0.6) is 0 Å². The quantitative estimate of drug-likeness (QED) is 0.566. The lowest BCUT2D eigenvalue weighted by molar-refractivity contribution is 0.0694. The molecule has 1 aliphatic rings. The summed E-state index contributed by atoms with van der Waals surface area (Å²) in [5.74, 6) is -0.134. The normalized spacial score (nSPS) is 14.9. The van der Waals surface area contributed by atoms with Crippen molar-refractivity contribution in [3.63, 3.8) is 0 Å². The summed E-state index contributed by atoms with van der Waals surface area (Å²) < 4.78 is 27.2. The maximum Gasteiger partial charge on any atom is 0.255 e. The first-order valence-electron chi connectivity index (χ1n) is 9.59. The highest BCUT2D eigenvalue weighted by Crippen LogP contribution is 2.33. The number of amides is 1. The van der Waals surface area contributed by atoms with Gasteiger partial charge < -0.3 is 4.90 Å². The molecule has 1 aromatic heterocycles. The third-order valence-electron chi connectivity index (χ3n) is 4.96. The van der Waals surface area contributed by atoms with Crippen molar-refractivity contribution in [2.45, 2.75) is 14.0 Å². The number of piperazine rings is 1. The van der Waals surface area contributed by atoms with Crippen molar-refractivity contribution in [3.8, 4) is 6.07 Å². The van der Waals surface area contributed by atoms with E-state index in [1.54, 1.807) is 34.5 Å². The number of hydrogen-bond donors (Lipinski definition) is 0. The van der Waals surface area contributed by atoms with E-state index in [9.17, 15) is 18.5 Å². The van der Waals surface area contributed by atoms with Crippen molar-refractivity contribution < 1.29 is 13.2 Å². The topological polar surface area (TPSA) is 81.5 Å². The van der Waals surface area contributed by atoms with Crippen LogP contribution >= 0.6 is 23.1 Å². The first-order chi connectivity index (χ1) is 15.0. The Morgan fingerprint density at radius 2 is 1.61 bits per heavy atom. The van der Waals surface area contributed by atoms with Crippen molar-refractivity contribution in [1.29, 1.82) is 5.26 Å². The minimum absolute atomic E-state index is 0.134. The number of nitrogens with zero attached hydrogens (tertiary/aromatic N) is 3. The SMILES string of the molecule is N#Cc1ccccc1Sc1ccccc1C(=O)N1CCN(S(=O)(=O)c2cccs2)CC1. The Kier molecular flexibility index (Phi) is 6.43. The lowest BCUT2D eigenvalue weighted by atomic mass is 10.2. The summed E-state index contributed by atoms with van der Waals surface area (Å²) in [6.45, 7) is 1.19. The third kappa shape index (κ3) is 4.52. The van der Waals surface area contributed by atoms with Crippen molar-refractivity contribution in [1.82, 2.24) is 9.21 Å². The van der Waals surface area contributed by atoms with Gasteiger partial charge in [-0.15, -0.1) is 11.3 Å². The fourth-order valence-corrected chi connectivity index (χ4v) is 6.92. The average molecular weight is 470 g/mol. The van der Waals surface area contributed by atoms with Crippen molar-refractivity contribution in [3.05, 3.63) is 77.2 Å². The van der Waals surface area contributed by atoms with Gasteiger partial charge in [-0.25, -0.2) is 8.42 Å². The number of sulfonamides is 1. The molecule has 0 unspecified atom stereocenters. The molecule has 31 heavy (non-hydrogen) atoms. The molecule has 0 N–H and O–H groups in total. The zero-order valence-electron chi connectivity index (χ0n) is 16.5. The van der Waals surface area contributed by atoms with E-state index in [4.69, 9.17) is 0 Å². The Hall–Kier alpha value is -2.64. The monoisotopic (exact) mass is 469 g/mol. The largest absolute Gasteiger partial charge is 0.336 e. The van der Waals surface area contributed by atoms with E-state index in [0.29, 0.717) is 28.4 Å². The molecule has 0 bridgehead atoms. The summed E-state index contributed by atoms with van der Waals surface area (Å²) >= 11 is 2.58. The summed E-state index contributed by atoms with van der Waals surface area (Å²) in [7, 11) is -3.51.